The third-order valence-electron chi connectivity index (χ3n) is 3.34. The van der Waals surface area contributed by atoms with E-state index in [9.17, 15) is 10.1 Å². The van der Waals surface area contributed by atoms with Gasteiger partial charge < -0.3 is 10.4 Å². The van der Waals surface area contributed by atoms with Crippen molar-refractivity contribution >= 4 is 11.4 Å². The largest absolute Gasteiger partial charge is 0.396 e. The fourth-order valence-corrected chi connectivity index (χ4v) is 2.11. The molecule has 0 radical (unpaired) electrons. The van der Waals surface area contributed by atoms with Crippen LogP contribution in [0.3, 0.4) is 0 Å². The van der Waals surface area contributed by atoms with E-state index in [1.165, 1.54) is 12.1 Å². The van der Waals surface area contributed by atoms with E-state index >= 15 is 0 Å². The van der Waals surface area contributed by atoms with Crippen LogP contribution in [0.2, 0.25) is 0 Å². The summed E-state index contributed by atoms with van der Waals surface area (Å²) in [6, 6.07) is 14.5. The van der Waals surface area contributed by atoms with E-state index in [0.29, 0.717) is 6.42 Å². The summed E-state index contributed by atoms with van der Waals surface area (Å²) in [4.78, 5) is 10.2. The molecule has 0 aromatic heterocycles. The first-order valence-corrected chi connectivity index (χ1v) is 6.81. The van der Waals surface area contributed by atoms with Gasteiger partial charge in [-0.2, -0.15) is 0 Å². The van der Waals surface area contributed by atoms with Crippen molar-refractivity contribution in [3.05, 3.63) is 69.8 Å². The molecule has 0 amide bonds. The Morgan fingerprint density at radius 3 is 2.29 bits per heavy atom. The van der Waals surface area contributed by atoms with E-state index in [1.807, 2.05) is 31.2 Å². The van der Waals surface area contributed by atoms with Crippen LogP contribution in [0.1, 0.15) is 24.1 Å². The SMILES string of the molecule is CC(Nc1ccc(CCO)cc1)c1ccc([N+](=O)[O-])cc1. The van der Waals surface area contributed by atoms with Crippen molar-refractivity contribution in [1.29, 1.82) is 0 Å². The Labute approximate surface area is 123 Å². The van der Waals surface area contributed by atoms with Gasteiger partial charge in [0.25, 0.3) is 5.69 Å². The van der Waals surface area contributed by atoms with Crippen LogP contribution in [-0.4, -0.2) is 16.6 Å². The van der Waals surface area contributed by atoms with Crippen molar-refractivity contribution in [3.63, 3.8) is 0 Å². The maximum atomic E-state index is 10.6. The summed E-state index contributed by atoms with van der Waals surface area (Å²) in [6.07, 6.45) is 0.651. The maximum absolute atomic E-state index is 10.6. The molecular formula is C16H18N2O3. The molecule has 0 aliphatic rings. The average molecular weight is 286 g/mol. The highest BCUT2D eigenvalue weighted by Gasteiger charge is 2.09. The molecule has 0 aliphatic carbocycles. The third-order valence-corrected chi connectivity index (χ3v) is 3.34. The molecule has 0 heterocycles. The van der Waals surface area contributed by atoms with Gasteiger partial charge in [0.2, 0.25) is 0 Å². The molecule has 5 heteroatoms. The highest BCUT2D eigenvalue weighted by Crippen LogP contribution is 2.22. The second-order valence-corrected chi connectivity index (χ2v) is 4.89. The van der Waals surface area contributed by atoms with Crippen LogP contribution in [0.15, 0.2) is 48.5 Å². The molecular weight excluding hydrogens is 268 g/mol. The number of nitrogens with zero attached hydrogens (tertiary/aromatic N) is 1. The zero-order valence-corrected chi connectivity index (χ0v) is 11.8. The summed E-state index contributed by atoms with van der Waals surface area (Å²) in [5.41, 5.74) is 3.15. The second kappa shape index (κ2) is 6.85. The molecule has 0 fully saturated rings. The Morgan fingerprint density at radius 1 is 1.14 bits per heavy atom. The van der Waals surface area contributed by atoms with Crippen LogP contribution >= 0.6 is 0 Å². The maximum Gasteiger partial charge on any atom is 0.269 e. The highest BCUT2D eigenvalue weighted by molar-refractivity contribution is 5.47. The summed E-state index contributed by atoms with van der Waals surface area (Å²) in [5.74, 6) is 0. The van der Waals surface area contributed by atoms with Gasteiger partial charge in [0.15, 0.2) is 0 Å². The Bertz CT molecular complexity index is 594. The summed E-state index contributed by atoms with van der Waals surface area (Å²) in [6.45, 7) is 2.15. The molecule has 21 heavy (non-hydrogen) atoms. The van der Waals surface area contributed by atoms with Crippen LogP contribution < -0.4 is 5.32 Å². The number of rotatable bonds is 6. The Balaban J connectivity index is 2.03. The van der Waals surface area contributed by atoms with Gasteiger partial charge in [-0.15, -0.1) is 0 Å². The summed E-state index contributed by atoms with van der Waals surface area (Å²) >= 11 is 0. The first kappa shape index (κ1) is 15.0. The van der Waals surface area contributed by atoms with Gasteiger partial charge in [0.05, 0.1) is 4.92 Å². The molecule has 1 atom stereocenters. The van der Waals surface area contributed by atoms with Crippen LogP contribution in [0.25, 0.3) is 0 Å². The lowest BCUT2D eigenvalue weighted by atomic mass is 10.1. The van der Waals surface area contributed by atoms with Gasteiger partial charge in [-0.05, 0) is 36.6 Å². The van der Waals surface area contributed by atoms with E-state index < -0.39 is 4.92 Å². The van der Waals surface area contributed by atoms with E-state index in [1.54, 1.807) is 12.1 Å². The van der Waals surface area contributed by atoms with Gasteiger partial charge in [0, 0.05) is 30.5 Å². The molecule has 0 saturated carbocycles. The predicted octanol–water partition coefficient (Wildman–Crippen LogP) is 3.30. The van der Waals surface area contributed by atoms with Crippen molar-refractivity contribution < 1.29 is 10.0 Å². The van der Waals surface area contributed by atoms with Gasteiger partial charge in [0.1, 0.15) is 0 Å². The third kappa shape index (κ3) is 4.03. The normalized spacial score (nSPS) is 11.9. The Morgan fingerprint density at radius 2 is 1.76 bits per heavy atom. The molecule has 110 valence electrons. The summed E-state index contributed by atoms with van der Waals surface area (Å²) in [5, 5.41) is 22.9. The Hall–Kier alpha value is -2.40. The number of hydrogen-bond acceptors (Lipinski definition) is 4. The topological polar surface area (TPSA) is 75.4 Å². The second-order valence-electron chi connectivity index (χ2n) is 4.89. The standard InChI is InChI=1S/C16H18N2O3/c1-12(14-4-8-16(9-5-14)18(20)21)17-15-6-2-13(3-7-15)10-11-19/h2-9,12,17,19H,10-11H2,1H3. The lowest BCUT2D eigenvalue weighted by Gasteiger charge is -2.16. The first-order chi connectivity index (χ1) is 10.1. The van der Waals surface area contributed by atoms with Crippen LogP contribution in [0, 0.1) is 10.1 Å². The van der Waals surface area contributed by atoms with Gasteiger partial charge in [-0.1, -0.05) is 24.3 Å². The quantitative estimate of drug-likeness (QED) is 0.631. The van der Waals surface area contributed by atoms with E-state index in [4.69, 9.17) is 5.11 Å². The number of aliphatic hydroxyl groups is 1. The van der Waals surface area contributed by atoms with Crippen LogP contribution in [0.5, 0.6) is 0 Å². The van der Waals surface area contributed by atoms with Crippen LogP contribution in [0.4, 0.5) is 11.4 Å². The van der Waals surface area contributed by atoms with Crippen molar-refractivity contribution in [2.24, 2.45) is 0 Å². The molecule has 0 bridgehead atoms. The van der Waals surface area contributed by atoms with Gasteiger partial charge >= 0.3 is 0 Å². The van der Waals surface area contributed by atoms with Gasteiger partial charge in [-0.25, -0.2) is 0 Å². The van der Waals surface area contributed by atoms with E-state index in [-0.39, 0.29) is 18.3 Å². The van der Waals surface area contributed by atoms with Gasteiger partial charge in [-0.3, -0.25) is 10.1 Å². The highest BCUT2D eigenvalue weighted by atomic mass is 16.6. The van der Waals surface area contributed by atoms with Crippen molar-refractivity contribution in [2.75, 3.05) is 11.9 Å². The number of aliphatic hydroxyl groups excluding tert-OH is 1. The smallest absolute Gasteiger partial charge is 0.269 e. The lowest BCUT2D eigenvalue weighted by Crippen LogP contribution is -2.06. The molecule has 2 aromatic carbocycles. The summed E-state index contributed by atoms with van der Waals surface area (Å²) in [7, 11) is 0. The number of anilines is 1. The Kier molecular flexibility index (Phi) is 4.90. The lowest BCUT2D eigenvalue weighted by molar-refractivity contribution is -0.384. The van der Waals surface area contributed by atoms with Crippen molar-refractivity contribution in [1.82, 2.24) is 0 Å². The molecule has 0 saturated heterocycles. The minimum Gasteiger partial charge on any atom is -0.396 e. The molecule has 2 rings (SSSR count). The van der Waals surface area contributed by atoms with E-state index in [0.717, 1.165) is 16.8 Å². The molecule has 0 spiro atoms. The molecule has 2 N–H and O–H groups in total. The fourth-order valence-electron chi connectivity index (χ4n) is 2.11. The first-order valence-electron chi connectivity index (χ1n) is 6.81. The number of nitro benzene ring substituents is 1. The molecule has 2 aromatic rings. The fraction of sp³-hybridized carbons (Fsp3) is 0.250. The van der Waals surface area contributed by atoms with Crippen molar-refractivity contribution in [2.45, 2.75) is 19.4 Å². The monoisotopic (exact) mass is 286 g/mol. The van der Waals surface area contributed by atoms with Crippen molar-refractivity contribution in [3.8, 4) is 0 Å². The molecule has 1 unspecified atom stereocenters. The number of non-ortho nitro benzene ring substituents is 1. The zero-order chi connectivity index (χ0) is 15.2. The number of benzene rings is 2. The number of hydrogen-bond donors (Lipinski definition) is 2. The summed E-state index contributed by atoms with van der Waals surface area (Å²) < 4.78 is 0. The average Bonchev–Trinajstić information content (AvgIpc) is 2.49. The zero-order valence-electron chi connectivity index (χ0n) is 11.8. The number of nitrogens with one attached hydrogen (secondary N) is 1. The van der Waals surface area contributed by atoms with Crippen LogP contribution in [-0.2, 0) is 6.42 Å². The predicted molar refractivity (Wildman–Crippen MR) is 82.4 cm³/mol. The number of nitro groups is 1. The van der Waals surface area contributed by atoms with E-state index in [2.05, 4.69) is 5.32 Å². The minimum absolute atomic E-state index is 0.0505. The molecule has 0 aliphatic heterocycles. The molecule has 5 nitrogen and oxygen atoms in total. The minimum atomic E-state index is -0.401.